The zero-order valence-corrected chi connectivity index (χ0v) is 12.4. The fraction of sp³-hybridized carbons (Fsp3) is 0.214. The maximum atomic E-state index is 11.9. The van der Waals surface area contributed by atoms with Gasteiger partial charge in [0.15, 0.2) is 5.03 Å². The third kappa shape index (κ3) is 2.70. The molecule has 1 aromatic carbocycles. The zero-order valence-electron chi connectivity index (χ0n) is 11.6. The monoisotopic (exact) mass is 304 g/mol. The van der Waals surface area contributed by atoms with Crippen LogP contribution in [0.4, 0.5) is 0 Å². The van der Waals surface area contributed by atoms with Gasteiger partial charge >= 0.3 is 0 Å². The number of sulfonamides is 1. The van der Waals surface area contributed by atoms with E-state index in [9.17, 15) is 8.42 Å². The molecular formula is C14H16N4O2S. The van der Waals surface area contributed by atoms with Crippen LogP contribution in [-0.2, 0) is 16.4 Å². The van der Waals surface area contributed by atoms with Crippen molar-refractivity contribution in [3.8, 4) is 0 Å². The molecule has 0 atom stereocenters. The first kappa shape index (κ1) is 13.8. The lowest BCUT2D eigenvalue weighted by Gasteiger charge is -2.04. The number of nitrogens with zero attached hydrogens (tertiary/aromatic N) is 1. The molecule has 2 heterocycles. The molecule has 3 aromatic rings. The minimum atomic E-state index is -3.51. The topological polar surface area (TPSA) is 90.6 Å². The zero-order chi connectivity index (χ0) is 14.9. The average molecular weight is 304 g/mol. The summed E-state index contributed by atoms with van der Waals surface area (Å²) in [6.45, 7) is 2.38. The van der Waals surface area contributed by atoms with E-state index in [0.29, 0.717) is 13.0 Å². The van der Waals surface area contributed by atoms with E-state index >= 15 is 0 Å². The molecule has 7 heteroatoms. The molecule has 3 N–H and O–H groups in total. The molecule has 0 bridgehead atoms. The van der Waals surface area contributed by atoms with Crippen molar-refractivity contribution < 1.29 is 8.42 Å². The average Bonchev–Trinajstić information content (AvgIpc) is 3.09. The molecule has 6 nitrogen and oxygen atoms in total. The Morgan fingerprint density at radius 2 is 2.14 bits per heavy atom. The quantitative estimate of drug-likeness (QED) is 0.670. The molecule has 0 radical (unpaired) electrons. The van der Waals surface area contributed by atoms with E-state index in [4.69, 9.17) is 0 Å². The van der Waals surface area contributed by atoms with Gasteiger partial charge in [0, 0.05) is 23.6 Å². The van der Waals surface area contributed by atoms with Crippen molar-refractivity contribution in [1.82, 2.24) is 19.7 Å². The fourth-order valence-corrected chi connectivity index (χ4v) is 3.29. The summed E-state index contributed by atoms with van der Waals surface area (Å²) < 4.78 is 26.5. The first-order valence-corrected chi connectivity index (χ1v) is 8.10. The molecule has 0 saturated heterocycles. The van der Waals surface area contributed by atoms with Gasteiger partial charge in [-0.15, -0.1) is 0 Å². The smallest absolute Gasteiger partial charge is 0.257 e. The molecule has 110 valence electrons. The van der Waals surface area contributed by atoms with Crippen molar-refractivity contribution in [2.24, 2.45) is 0 Å². The number of hydrogen-bond donors (Lipinski definition) is 3. The van der Waals surface area contributed by atoms with E-state index < -0.39 is 10.0 Å². The Bertz CT molecular complexity index is 850. The lowest BCUT2D eigenvalue weighted by Crippen LogP contribution is -2.26. The Kier molecular flexibility index (Phi) is 3.52. The van der Waals surface area contributed by atoms with Gasteiger partial charge in [-0.25, -0.2) is 18.1 Å². The highest BCUT2D eigenvalue weighted by atomic mass is 32.2. The molecule has 2 aromatic heterocycles. The van der Waals surface area contributed by atoms with Gasteiger partial charge in [-0.3, -0.25) is 0 Å². The van der Waals surface area contributed by atoms with Gasteiger partial charge in [0.05, 0.1) is 12.5 Å². The van der Waals surface area contributed by atoms with Crippen LogP contribution in [0.3, 0.4) is 0 Å². The third-order valence-corrected chi connectivity index (χ3v) is 4.85. The summed E-state index contributed by atoms with van der Waals surface area (Å²) in [6, 6.07) is 6.09. The maximum absolute atomic E-state index is 11.9. The summed E-state index contributed by atoms with van der Waals surface area (Å²) in [5, 5.41) is 1.22. The molecule has 0 saturated carbocycles. The molecule has 0 fully saturated rings. The highest BCUT2D eigenvalue weighted by Gasteiger charge is 2.15. The van der Waals surface area contributed by atoms with E-state index in [-0.39, 0.29) is 5.03 Å². The molecule has 0 spiro atoms. The lowest BCUT2D eigenvalue weighted by atomic mass is 10.1. The molecular weight excluding hydrogens is 288 g/mol. The fourth-order valence-electron chi connectivity index (χ4n) is 2.36. The van der Waals surface area contributed by atoms with Gasteiger partial charge < -0.3 is 9.97 Å². The number of nitrogens with one attached hydrogen (secondary N) is 3. The van der Waals surface area contributed by atoms with Crippen molar-refractivity contribution in [3.05, 3.63) is 48.0 Å². The number of fused-ring (bicyclic) bond motifs is 1. The molecule has 21 heavy (non-hydrogen) atoms. The van der Waals surface area contributed by atoms with Crippen LogP contribution in [0.25, 0.3) is 10.9 Å². The number of benzene rings is 1. The first-order chi connectivity index (χ1) is 10.1. The van der Waals surface area contributed by atoms with Gasteiger partial charge in [-0.2, -0.15) is 0 Å². The first-order valence-electron chi connectivity index (χ1n) is 6.61. The van der Waals surface area contributed by atoms with Crippen LogP contribution in [0, 0.1) is 6.92 Å². The second kappa shape index (κ2) is 5.34. The van der Waals surface area contributed by atoms with Crippen molar-refractivity contribution in [2.75, 3.05) is 6.54 Å². The molecule has 0 amide bonds. The molecule has 0 aliphatic heterocycles. The Balaban J connectivity index is 1.72. The Morgan fingerprint density at radius 3 is 2.90 bits per heavy atom. The predicted molar refractivity (Wildman–Crippen MR) is 80.5 cm³/mol. The number of para-hydroxylation sites is 1. The standard InChI is InChI=1S/C14H16N4O2S/c1-10-3-2-4-12-11(7-16-14(10)12)5-6-18-21(19,20)13-8-15-9-17-13/h2-4,7-9,16,18H,5-6H2,1H3,(H,15,17). The second-order valence-electron chi connectivity index (χ2n) is 4.88. The summed E-state index contributed by atoms with van der Waals surface area (Å²) in [6.07, 6.45) is 5.19. The van der Waals surface area contributed by atoms with E-state index in [2.05, 4.69) is 19.7 Å². The molecule has 3 rings (SSSR count). The summed E-state index contributed by atoms with van der Waals surface area (Å²) in [7, 11) is -3.51. The van der Waals surface area contributed by atoms with Crippen molar-refractivity contribution >= 4 is 20.9 Å². The van der Waals surface area contributed by atoms with Gasteiger partial charge in [-0.1, -0.05) is 18.2 Å². The highest BCUT2D eigenvalue weighted by Crippen LogP contribution is 2.21. The van der Waals surface area contributed by atoms with Crippen molar-refractivity contribution in [3.63, 3.8) is 0 Å². The third-order valence-electron chi connectivity index (χ3n) is 3.46. The van der Waals surface area contributed by atoms with E-state index in [1.807, 2.05) is 31.3 Å². The second-order valence-corrected chi connectivity index (χ2v) is 6.61. The van der Waals surface area contributed by atoms with Gasteiger partial charge in [0.25, 0.3) is 10.0 Å². The van der Waals surface area contributed by atoms with Crippen LogP contribution in [0.1, 0.15) is 11.1 Å². The summed E-state index contributed by atoms with van der Waals surface area (Å²) >= 11 is 0. The Labute approximate surface area is 122 Å². The number of rotatable bonds is 5. The maximum Gasteiger partial charge on any atom is 0.257 e. The molecule has 0 unspecified atom stereocenters. The minimum absolute atomic E-state index is 0.0808. The Morgan fingerprint density at radius 1 is 1.29 bits per heavy atom. The van der Waals surface area contributed by atoms with E-state index in [0.717, 1.165) is 16.5 Å². The minimum Gasteiger partial charge on any atom is -0.361 e. The summed E-state index contributed by atoms with van der Waals surface area (Å²) in [5.74, 6) is 0. The number of aryl methyl sites for hydroxylation is 1. The lowest BCUT2D eigenvalue weighted by molar-refractivity contribution is 0.578. The van der Waals surface area contributed by atoms with Gasteiger partial charge in [0.1, 0.15) is 0 Å². The number of imidazole rings is 1. The van der Waals surface area contributed by atoms with Crippen LogP contribution in [0.2, 0.25) is 0 Å². The van der Waals surface area contributed by atoms with Crippen LogP contribution in [0.5, 0.6) is 0 Å². The largest absolute Gasteiger partial charge is 0.361 e. The predicted octanol–water partition coefficient (Wildman–Crippen LogP) is 1.72. The molecule has 0 aliphatic rings. The van der Waals surface area contributed by atoms with Gasteiger partial charge in [-0.05, 0) is 24.5 Å². The van der Waals surface area contributed by atoms with E-state index in [1.165, 1.54) is 18.1 Å². The normalized spacial score (nSPS) is 12.0. The number of hydrogen-bond acceptors (Lipinski definition) is 3. The molecule has 0 aliphatic carbocycles. The van der Waals surface area contributed by atoms with E-state index in [1.54, 1.807) is 0 Å². The number of H-pyrrole nitrogens is 2. The summed E-state index contributed by atoms with van der Waals surface area (Å²) in [5.41, 5.74) is 3.38. The van der Waals surface area contributed by atoms with Crippen molar-refractivity contribution in [2.45, 2.75) is 18.4 Å². The summed E-state index contributed by atoms with van der Waals surface area (Å²) in [4.78, 5) is 9.55. The highest BCUT2D eigenvalue weighted by molar-refractivity contribution is 7.89. The Hall–Kier alpha value is -2.12. The van der Waals surface area contributed by atoms with Crippen LogP contribution in [-0.4, -0.2) is 29.9 Å². The van der Waals surface area contributed by atoms with Crippen LogP contribution in [0.15, 0.2) is 41.9 Å². The van der Waals surface area contributed by atoms with Crippen molar-refractivity contribution in [1.29, 1.82) is 0 Å². The SMILES string of the molecule is Cc1cccc2c(CCNS(=O)(=O)c3cnc[nH]3)c[nH]c12. The number of aromatic nitrogens is 3. The number of aromatic amines is 2. The van der Waals surface area contributed by atoms with Crippen LogP contribution >= 0.6 is 0 Å². The van der Waals surface area contributed by atoms with Gasteiger partial charge in [0.2, 0.25) is 0 Å². The van der Waals surface area contributed by atoms with Crippen LogP contribution < -0.4 is 4.72 Å².